The molecule has 3 heterocycles. The van der Waals surface area contributed by atoms with Crippen LogP contribution < -0.4 is 5.32 Å². The number of nitrogens with zero attached hydrogens (tertiary/aromatic N) is 2. The van der Waals surface area contributed by atoms with Crippen LogP contribution in [0, 0.1) is 0 Å². The van der Waals surface area contributed by atoms with Crippen molar-refractivity contribution in [2.45, 2.75) is 23.3 Å². The smallest absolute Gasteiger partial charge is 0.216 e. The lowest BCUT2D eigenvalue weighted by Crippen LogP contribution is -2.22. The first-order chi connectivity index (χ1) is 10.7. The van der Waals surface area contributed by atoms with Crippen LogP contribution in [0.5, 0.6) is 0 Å². The van der Waals surface area contributed by atoms with Gasteiger partial charge in [0.15, 0.2) is 0 Å². The van der Waals surface area contributed by atoms with Crippen molar-refractivity contribution in [1.29, 1.82) is 0 Å². The van der Waals surface area contributed by atoms with Crippen molar-refractivity contribution < 1.29 is 4.79 Å². The summed E-state index contributed by atoms with van der Waals surface area (Å²) in [6.45, 7) is 2.15. The van der Waals surface area contributed by atoms with E-state index in [9.17, 15) is 4.79 Å². The van der Waals surface area contributed by atoms with E-state index in [0.717, 1.165) is 32.9 Å². The number of hydrogen-bond donors (Lipinski definition) is 2. The highest BCUT2D eigenvalue weighted by atomic mass is 32.2. The monoisotopic (exact) mass is 312 g/mol. The maximum Gasteiger partial charge on any atom is 0.216 e. The van der Waals surface area contributed by atoms with Crippen LogP contribution >= 0.6 is 11.8 Å². The number of carbonyl (C=O) groups excluding carboxylic acids is 1. The first-order valence-electron chi connectivity index (χ1n) is 7.02. The molecule has 0 aromatic carbocycles. The molecule has 0 radical (unpaired) electrons. The van der Waals surface area contributed by atoms with Crippen molar-refractivity contribution >= 4 is 28.7 Å². The minimum atomic E-state index is -0.00985. The van der Waals surface area contributed by atoms with E-state index >= 15 is 0 Å². The maximum atomic E-state index is 11.0. The number of carbonyl (C=O) groups is 1. The second-order valence-corrected chi connectivity index (χ2v) is 5.98. The topological polar surface area (TPSA) is 70.7 Å². The van der Waals surface area contributed by atoms with Crippen LogP contribution in [0.4, 0.5) is 0 Å². The van der Waals surface area contributed by atoms with Crippen molar-refractivity contribution in [2.24, 2.45) is 0 Å². The number of fused-ring (bicyclic) bond motifs is 1. The SMILES string of the molecule is CC(=O)NCCc1c[nH]c2ncc(Sc3ccccn3)cc12. The Labute approximate surface area is 132 Å². The van der Waals surface area contributed by atoms with Gasteiger partial charge in [0.05, 0.1) is 0 Å². The number of aromatic amines is 1. The summed E-state index contributed by atoms with van der Waals surface area (Å²) < 4.78 is 0. The first kappa shape index (κ1) is 14.6. The predicted octanol–water partition coefficient (Wildman–Crippen LogP) is 2.79. The van der Waals surface area contributed by atoms with E-state index in [1.54, 1.807) is 18.0 Å². The van der Waals surface area contributed by atoms with Crippen LogP contribution in [0.3, 0.4) is 0 Å². The van der Waals surface area contributed by atoms with E-state index in [4.69, 9.17) is 0 Å². The van der Waals surface area contributed by atoms with Crippen LogP contribution in [0.1, 0.15) is 12.5 Å². The minimum Gasteiger partial charge on any atom is -0.356 e. The van der Waals surface area contributed by atoms with E-state index in [1.807, 2.05) is 30.6 Å². The molecule has 3 rings (SSSR count). The molecule has 0 aliphatic carbocycles. The number of amides is 1. The number of nitrogens with one attached hydrogen (secondary N) is 2. The maximum absolute atomic E-state index is 11.0. The highest BCUT2D eigenvalue weighted by molar-refractivity contribution is 7.99. The number of H-pyrrole nitrogens is 1. The molecule has 0 aliphatic rings. The number of pyridine rings is 2. The Bertz CT molecular complexity index is 785. The average Bonchev–Trinajstić information content (AvgIpc) is 2.91. The lowest BCUT2D eigenvalue weighted by Gasteiger charge is -2.03. The molecule has 3 aromatic heterocycles. The zero-order valence-corrected chi connectivity index (χ0v) is 13.0. The van der Waals surface area contributed by atoms with Gasteiger partial charge in [-0.25, -0.2) is 9.97 Å². The summed E-state index contributed by atoms with van der Waals surface area (Å²) in [6.07, 6.45) is 6.35. The van der Waals surface area contributed by atoms with Crippen LogP contribution in [0.15, 0.2) is 52.8 Å². The highest BCUT2D eigenvalue weighted by Gasteiger charge is 2.07. The van der Waals surface area contributed by atoms with Gasteiger partial charge in [-0.3, -0.25) is 4.79 Å². The standard InChI is InChI=1S/C16H16N4OS/c1-11(21)17-7-5-12-9-19-16-14(12)8-13(10-20-16)22-15-4-2-3-6-18-15/h2-4,6,8-10H,5,7H2,1H3,(H,17,21)(H,19,20). The van der Waals surface area contributed by atoms with E-state index in [1.165, 1.54) is 6.92 Å². The lowest BCUT2D eigenvalue weighted by molar-refractivity contribution is -0.118. The average molecular weight is 312 g/mol. The van der Waals surface area contributed by atoms with Gasteiger partial charge in [0.1, 0.15) is 10.7 Å². The third-order valence-electron chi connectivity index (χ3n) is 3.22. The molecule has 112 valence electrons. The van der Waals surface area contributed by atoms with E-state index < -0.39 is 0 Å². The normalized spacial score (nSPS) is 10.8. The molecule has 1 amide bonds. The Morgan fingerprint density at radius 1 is 1.36 bits per heavy atom. The van der Waals surface area contributed by atoms with E-state index in [2.05, 4.69) is 26.3 Å². The Balaban J connectivity index is 1.80. The van der Waals surface area contributed by atoms with Gasteiger partial charge in [-0.05, 0) is 30.2 Å². The van der Waals surface area contributed by atoms with Gasteiger partial charge >= 0.3 is 0 Å². The zero-order chi connectivity index (χ0) is 15.4. The summed E-state index contributed by atoms with van der Waals surface area (Å²) in [5.41, 5.74) is 2.02. The van der Waals surface area contributed by atoms with E-state index in [-0.39, 0.29) is 5.91 Å². The molecule has 0 saturated heterocycles. The molecule has 0 spiro atoms. The van der Waals surface area contributed by atoms with Crippen LogP contribution in [-0.2, 0) is 11.2 Å². The Hall–Kier alpha value is -2.34. The van der Waals surface area contributed by atoms with Crippen molar-refractivity contribution in [3.8, 4) is 0 Å². The Kier molecular flexibility index (Phi) is 4.39. The summed E-state index contributed by atoms with van der Waals surface area (Å²) in [6, 6.07) is 7.96. The second-order valence-electron chi connectivity index (χ2n) is 4.88. The van der Waals surface area contributed by atoms with Crippen molar-refractivity contribution in [3.05, 3.63) is 48.4 Å². The molecule has 0 saturated carbocycles. The van der Waals surface area contributed by atoms with Gasteiger partial charge in [0, 0.05) is 42.3 Å². The molecule has 3 aromatic rings. The fourth-order valence-corrected chi connectivity index (χ4v) is 2.99. The predicted molar refractivity (Wildman–Crippen MR) is 86.8 cm³/mol. The third kappa shape index (κ3) is 3.46. The molecule has 5 nitrogen and oxygen atoms in total. The van der Waals surface area contributed by atoms with Crippen molar-refractivity contribution in [2.75, 3.05) is 6.54 Å². The molecule has 22 heavy (non-hydrogen) atoms. The van der Waals surface area contributed by atoms with E-state index in [0.29, 0.717) is 6.54 Å². The van der Waals surface area contributed by atoms with Gasteiger partial charge in [-0.2, -0.15) is 0 Å². The quantitative estimate of drug-likeness (QED) is 0.760. The van der Waals surface area contributed by atoms with Gasteiger partial charge < -0.3 is 10.3 Å². The molecule has 0 unspecified atom stereocenters. The summed E-state index contributed by atoms with van der Waals surface area (Å²) >= 11 is 1.59. The van der Waals surface area contributed by atoms with Gasteiger partial charge in [-0.1, -0.05) is 17.8 Å². The molecule has 0 atom stereocenters. The zero-order valence-electron chi connectivity index (χ0n) is 12.2. The lowest BCUT2D eigenvalue weighted by atomic mass is 10.1. The largest absolute Gasteiger partial charge is 0.356 e. The van der Waals surface area contributed by atoms with Gasteiger partial charge in [-0.15, -0.1) is 0 Å². The summed E-state index contributed by atoms with van der Waals surface area (Å²) in [5, 5.41) is 4.85. The summed E-state index contributed by atoms with van der Waals surface area (Å²) in [5.74, 6) is -0.00985. The number of rotatable bonds is 5. The molecular weight excluding hydrogens is 296 g/mol. The summed E-state index contributed by atoms with van der Waals surface area (Å²) in [7, 11) is 0. The molecule has 0 bridgehead atoms. The van der Waals surface area contributed by atoms with Crippen LogP contribution in [0.25, 0.3) is 11.0 Å². The Morgan fingerprint density at radius 2 is 2.27 bits per heavy atom. The van der Waals surface area contributed by atoms with Crippen molar-refractivity contribution in [3.63, 3.8) is 0 Å². The van der Waals surface area contributed by atoms with Crippen LogP contribution in [-0.4, -0.2) is 27.4 Å². The molecule has 6 heteroatoms. The summed E-state index contributed by atoms with van der Waals surface area (Å²) in [4.78, 5) is 23.9. The highest BCUT2D eigenvalue weighted by Crippen LogP contribution is 2.28. The molecule has 0 fully saturated rings. The van der Waals surface area contributed by atoms with Gasteiger partial charge in [0.2, 0.25) is 5.91 Å². The fraction of sp³-hybridized carbons (Fsp3) is 0.188. The number of hydrogen-bond acceptors (Lipinski definition) is 4. The molecular formula is C16H16N4OS. The molecule has 0 aliphatic heterocycles. The minimum absolute atomic E-state index is 0.00985. The second kappa shape index (κ2) is 6.62. The molecule has 2 N–H and O–H groups in total. The third-order valence-corrected chi connectivity index (χ3v) is 4.13. The van der Waals surface area contributed by atoms with Crippen LogP contribution in [0.2, 0.25) is 0 Å². The van der Waals surface area contributed by atoms with Gasteiger partial charge in [0.25, 0.3) is 0 Å². The van der Waals surface area contributed by atoms with Crippen molar-refractivity contribution in [1.82, 2.24) is 20.3 Å². The number of aromatic nitrogens is 3. The fourth-order valence-electron chi connectivity index (χ4n) is 2.20. The first-order valence-corrected chi connectivity index (χ1v) is 7.83. The Morgan fingerprint density at radius 3 is 3.05 bits per heavy atom.